The Morgan fingerprint density at radius 1 is 1.69 bits per heavy atom. The maximum atomic E-state index is 4.34. The van der Waals surface area contributed by atoms with E-state index in [9.17, 15) is 0 Å². The van der Waals surface area contributed by atoms with E-state index in [1.54, 1.807) is 0 Å². The van der Waals surface area contributed by atoms with Crippen LogP contribution in [0.15, 0.2) is 6.20 Å². The molecule has 0 aliphatic carbocycles. The number of aryl methyl sites for hydroxylation is 2. The van der Waals surface area contributed by atoms with Gasteiger partial charge in [0.05, 0.1) is 5.69 Å². The molecule has 1 aromatic heterocycles. The van der Waals surface area contributed by atoms with Crippen molar-refractivity contribution >= 4 is 0 Å². The van der Waals surface area contributed by atoms with Crippen molar-refractivity contribution < 1.29 is 0 Å². The van der Waals surface area contributed by atoms with E-state index < -0.39 is 0 Å². The van der Waals surface area contributed by atoms with Crippen molar-refractivity contribution in [3.63, 3.8) is 0 Å². The van der Waals surface area contributed by atoms with Crippen LogP contribution in [0.1, 0.15) is 24.1 Å². The van der Waals surface area contributed by atoms with Crippen LogP contribution in [0.3, 0.4) is 0 Å². The van der Waals surface area contributed by atoms with Gasteiger partial charge in [-0.15, -0.1) is 0 Å². The fourth-order valence-electron chi connectivity index (χ4n) is 2.05. The minimum absolute atomic E-state index is 0.683. The summed E-state index contributed by atoms with van der Waals surface area (Å²) in [6.07, 6.45) is 5.91. The summed E-state index contributed by atoms with van der Waals surface area (Å²) < 4.78 is 1.90. The zero-order valence-corrected chi connectivity index (χ0v) is 8.38. The van der Waals surface area contributed by atoms with Crippen LogP contribution in [0.4, 0.5) is 0 Å². The highest BCUT2D eigenvalue weighted by Gasteiger charge is 2.16. The first-order valence-corrected chi connectivity index (χ1v) is 4.98. The smallest absolute Gasteiger partial charge is 0.0626 e. The van der Waals surface area contributed by atoms with Gasteiger partial charge in [0, 0.05) is 19.3 Å². The molecule has 3 nitrogen and oxygen atoms in total. The summed E-state index contributed by atoms with van der Waals surface area (Å²) in [6.45, 7) is 3.27. The first-order valence-electron chi connectivity index (χ1n) is 4.98. The standard InChI is InChI=1S/C10H17N3/c1-8-9(7-13(2)12-8)6-10-4-3-5-11-10/h7,10-11H,3-6H2,1-2H3/t10-/m0/s1. The summed E-state index contributed by atoms with van der Waals surface area (Å²) >= 11 is 0. The lowest BCUT2D eigenvalue weighted by Crippen LogP contribution is -2.23. The van der Waals surface area contributed by atoms with Crippen molar-refractivity contribution in [2.24, 2.45) is 7.05 Å². The number of nitrogens with one attached hydrogen (secondary N) is 1. The molecule has 1 fully saturated rings. The summed E-state index contributed by atoms with van der Waals surface area (Å²) in [4.78, 5) is 0. The number of hydrogen-bond acceptors (Lipinski definition) is 2. The Morgan fingerprint density at radius 2 is 2.54 bits per heavy atom. The van der Waals surface area contributed by atoms with E-state index in [2.05, 4.69) is 23.5 Å². The van der Waals surface area contributed by atoms with Gasteiger partial charge in [0.25, 0.3) is 0 Å². The largest absolute Gasteiger partial charge is 0.314 e. The molecule has 1 aliphatic rings. The van der Waals surface area contributed by atoms with Crippen molar-refractivity contribution in [2.75, 3.05) is 6.54 Å². The normalized spacial score (nSPS) is 22.5. The van der Waals surface area contributed by atoms with Crippen LogP contribution in [-0.4, -0.2) is 22.4 Å². The molecule has 0 radical (unpaired) electrons. The Morgan fingerprint density at radius 3 is 3.08 bits per heavy atom. The lowest BCUT2D eigenvalue weighted by molar-refractivity contribution is 0.601. The highest BCUT2D eigenvalue weighted by Crippen LogP contribution is 2.13. The van der Waals surface area contributed by atoms with Gasteiger partial charge in [0.2, 0.25) is 0 Å². The molecule has 1 aromatic rings. The van der Waals surface area contributed by atoms with E-state index in [4.69, 9.17) is 0 Å². The lowest BCUT2D eigenvalue weighted by atomic mass is 10.1. The minimum atomic E-state index is 0.683. The first-order chi connectivity index (χ1) is 6.25. The van der Waals surface area contributed by atoms with Gasteiger partial charge >= 0.3 is 0 Å². The Labute approximate surface area is 79.1 Å². The summed E-state index contributed by atoms with van der Waals surface area (Å²) in [5.41, 5.74) is 2.57. The molecular formula is C10H17N3. The van der Waals surface area contributed by atoms with Crippen LogP contribution in [-0.2, 0) is 13.5 Å². The molecular weight excluding hydrogens is 162 g/mol. The summed E-state index contributed by atoms with van der Waals surface area (Å²) in [5.74, 6) is 0. The Kier molecular flexibility index (Phi) is 2.36. The molecule has 0 unspecified atom stereocenters. The zero-order chi connectivity index (χ0) is 9.26. The average Bonchev–Trinajstić information content (AvgIpc) is 2.63. The predicted molar refractivity (Wildman–Crippen MR) is 52.7 cm³/mol. The van der Waals surface area contributed by atoms with E-state index in [-0.39, 0.29) is 0 Å². The molecule has 0 saturated carbocycles. The van der Waals surface area contributed by atoms with Crippen LogP contribution < -0.4 is 5.32 Å². The molecule has 1 N–H and O–H groups in total. The van der Waals surface area contributed by atoms with Gasteiger partial charge in [-0.2, -0.15) is 5.10 Å². The minimum Gasteiger partial charge on any atom is -0.314 e. The third-order valence-corrected chi connectivity index (χ3v) is 2.74. The highest BCUT2D eigenvalue weighted by molar-refractivity contribution is 5.16. The van der Waals surface area contributed by atoms with E-state index >= 15 is 0 Å². The predicted octanol–water partition coefficient (Wildman–Crippen LogP) is 1.02. The van der Waals surface area contributed by atoms with Crippen molar-refractivity contribution in [1.29, 1.82) is 0 Å². The third-order valence-electron chi connectivity index (χ3n) is 2.74. The Hall–Kier alpha value is -0.830. The van der Waals surface area contributed by atoms with E-state index in [1.807, 2.05) is 11.7 Å². The summed E-state index contributed by atoms with van der Waals surface area (Å²) in [5, 5.41) is 7.85. The third kappa shape index (κ3) is 1.91. The topological polar surface area (TPSA) is 29.9 Å². The van der Waals surface area contributed by atoms with Crippen LogP contribution in [0.2, 0.25) is 0 Å². The van der Waals surface area contributed by atoms with Crippen molar-refractivity contribution in [1.82, 2.24) is 15.1 Å². The van der Waals surface area contributed by atoms with Crippen molar-refractivity contribution in [3.8, 4) is 0 Å². The molecule has 0 amide bonds. The first kappa shape index (κ1) is 8.75. The zero-order valence-electron chi connectivity index (χ0n) is 8.38. The monoisotopic (exact) mass is 179 g/mol. The SMILES string of the molecule is Cc1nn(C)cc1C[C@@H]1CCCN1. The van der Waals surface area contributed by atoms with Gasteiger partial charge in [-0.3, -0.25) is 4.68 Å². The van der Waals surface area contributed by atoms with Crippen LogP contribution in [0.25, 0.3) is 0 Å². The molecule has 1 saturated heterocycles. The second-order valence-electron chi connectivity index (χ2n) is 3.91. The number of hydrogen-bond donors (Lipinski definition) is 1. The fraction of sp³-hybridized carbons (Fsp3) is 0.700. The summed E-state index contributed by atoms with van der Waals surface area (Å²) in [6, 6.07) is 0.683. The molecule has 72 valence electrons. The molecule has 2 rings (SSSR count). The maximum Gasteiger partial charge on any atom is 0.0626 e. The van der Waals surface area contributed by atoms with Crippen molar-refractivity contribution in [2.45, 2.75) is 32.2 Å². The van der Waals surface area contributed by atoms with Gasteiger partial charge in [-0.05, 0) is 38.3 Å². The second-order valence-corrected chi connectivity index (χ2v) is 3.91. The van der Waals surface area contributed by atoms with Crippen LogP contribution >= 0.6 is 0 Å². The molecule has 13 heavy (non-hydrogen) atoms. The number of aromatic nitrogens is 2. The van der Waals surface area contributed by atoms with Gasteiger partial charge in [-0.1, -0.05) is 0 Å². The van der Waals surface area contributed by atoms with Gasteiger partial charge in [0.1, 0.15) is 0 Å². The second kappa shape index (κ2) is 3.50. The maximum absolute atomic E-state index is 4.34. The van der Waals surface area contributed by atoms with E-state index in [0.29, 0.717) is 6.04 Å². The van der Waals surface area contributed by atoms with Gasteiger partial charge < -0.3 is 5.32 Å². The molecule has 1 atom stereocenters. The quantitative estimate of drug-likeness (QED) is 0.734. The Bertz CT molecular complexity index is 284. The number of nitrogens with zero attached hydrogens (tertiary/aromatic N) is 2. The average molecular weight is 179 g/mol. The summed E-state index contributed by atoms with van der Waals surface area (Å²) in [7, 11) is 1.98. The molecule has 0 bridgehead atoms. The van der Waals surface area contributed by atoms with Gasteiger partial charge in [0.15, 0.2) is 0 Å². The fourth-order valence-corrected chi connectivity index (χ4v) is 2.05. The van der Waals surface area contributed by atoms with Crippen molar-refractivity contribution in [3.05, 3.63) is 17.5 Å². The van der Waals surface area contributed by atoms with Crippen LogP contribution in [0, 0.1) is 6.92 Å². The molecule has 1 aliphatic heterocycles. The molecule has 3 heteroatoms. The van der Waals surface area contributed by atoms with Crippen LogP contribution in [0.5, 0.6) is 0 Å². The molecule has 0 spiro atoms. The van der Waals surface area contributed by atoms with Gasteiger partial charge in [-0.25, -0.2) is 0 Å². The Balaban J connectivity index is 2.03. The molecule has 2 heterocycles. The van der Waals surface area contributed by atoms with E-state index in [0.717, 1.165) is 6.42 Å². The highest BCUT2D eigenvalue weighted by atomic mass is 15.2. The number of rotatable bonds is 2. The lowest BCUT2D eigenvalue weighted by Gasteiger charge is -2.07. The van der Waals surface area contributed by atoms with E-state index in [1.165, 1.54) is 30.6 Å². The molecule has 0 aromatic carbocycles.